The third-order valence-electron chi connectivity index (χ3n) is 2.19. The molecule has 0 atom stereocenters. The first kappa shape index (κ1) is 12.0. The highest BCUT2D eigenvalue weighted by Gasteiger charge is 1.94. The Hall–Kier alpha value is -1.12. The molecule has 0 unspecified atom stereocenters. The largest absolute Gasteiger partial charge is 0.377 e. The van der Waals surface area contributed by atoms with Gasteiger partial charge in [-0.25, -0.2) is 0 Å². The fourth-order valence-electron chi connectivity index (χ4n) is 1.37. The molecule has 0 bridgehead atoms. The number of allylic oxidation sites excluding steroid dienone is 1. The molecule has 1 rings (SSSR count). The molecule has 0 amide bonds. The van der Waals surface area contributed by atoms with Crippen molar-refractivity contribution >= 4 is 0 Å². The van der Waals surface area contributed by atoms with Gasteiger partial charge in [0.15, 0.2) is 0 Å². The average molecular weight is 205 g/mol. The molecule has 0 saturated heterocycles. The summed E-state index contributed by atoms with van der Waals surface area (Å²) in [4.78, 5) is 0. The van der Waals surface area contributed by atoms with E-state index in [1.165, 1.54) is 5.56 Å². The smallest absolute Gasteiger partial charge is 0.0716 e. The van der Waals surface area contributed by atoms with Crippen LogP contribution in [0.3, 0.4) is 0 Å². The van der Waals surface area contributed by atoms with Gasteiger partial charge in [0, 0.05) is 13.2 Å². The lowest BCUT2D eigenvalue weighted by molar-refractivity contribution is 0.119. The van der Waals surface area contributed by atoms with Crippen molar-refractivity contribution in [3.63, 3.8) is 0 Å². The van der Waals surface area contributed by atoms with E-state index < -0.39 is 0 Å². The Morgan fingerprint density at radius 2 is 2.13 bits per heavy atom. The van der Waals surface area contributed by atoms with Crippen LogP contribution in [0, 0.1) is 0 Å². The molecule has 0 heterocycles. The highest BCUT2D eigenvalue weighted by atomic mass is 16.5. The van der Waals surface area contributed by atoms with E-state index in [0.29, 0.717) is 13.2 Å². The topological polar surface area (TPSA) is 35.2 Å². The third kappa shape index (κ3) is 4.77. The van der Waals surface area contributed by atoms with Gasteiger partial charge in [0.05, 0.1) is 6.61 Å². The standard InChI is InChI=1S/C13H19NO/c1-2-3-4-8-15-11-13-7-5-6-12(9-13)10-14/h2,5-7,9H,1,3-4,8,10-11,14H2. The van der Waals surface area contributed by atoms with Crippen molar-refractivity contribution in [1.82, 2.24) is 0 Å². The summed E-state index contributed by atoms with van der Waals surface area (Å²) in [5, 5.41) is 0. The van der Waals surface area contributed by atoms with Crippen molar-refractivity contribution in [1.29, 1.82) is 0 Å². The molecule has 0 aliphatic carbocycles. The zero-order chi connectivity index (χ0) is 10.9. The number of rotatable bonds is 7. The lowest BCUT2D eigenvalue weighted by atomic mass is 10.1. The van der Waals surface area contributed by atoms with Crippen molar-refractivity contribution in [2.24, 2.45) is 5.73 Å². The summed E-state index contributed by atoms with van der Waals surface area (Å²) in [5.41, 5.74) is 7.91. The second kappa shape index (κ2) is 7.21. The first-order valence-electron chi connectivity index (χ1n) is 5.33. The minimum absolute atomic E-state index is 0.588. The molecule has 0 spiro atoms. The third-order valence-corrected chi connectivity index (χ3v) is 2.19. The Balaban J connectivity index is 2.27. The molecule has 0 fully saturated rings. The average Bonchev–Trinajstić information content (AvgIpc) is 2.29. The first-order chi connectivity index (χ1) is 7.36. The first-order valence-corrected chi connectivity index (χ1v) is 5.33. The quantitative estimate of drug-likeness (QED) is 0.548. The van der Waals surface area contributed by atoms with E-state index in [9.17, 15) is 0 Å². The van der Waals surface area contributed by atoms with Gasteiger partial charge in [-0.15, -0.1) is 6.58 Å². The van der Waals surface area contributed by atoms with Crippen molar-refractivity contribution in [2.75, 3.05) is 6.61 Å². The van der Waals surface area contributed by atoms with E-state index in [1.54, 1.807) is 0 Å². The van der Waals surface area contributed by atoms with Crippen LogP contribution in [-0.4, -0.2) is 6.61 Å². The minimum atomic E-state index is 0.588. The lowest BCUT2D eigenvalue weighted by Crippen LogP contribution is -1.99. The highest BCUT2D eigenvalue weighted by molar-refractivity contribution is 5.22. The molecule has 0 aromatic heterocycles. The molecular formula is C13H19NO. The van der Waals surface area contributed by atoms with Crippen molar-refractivity contribution in [3.8, 4) is 0 Å². The summed E-state index contributed by atoms with van der Waals surface area (Å²) in [5.74, 6) is 0. The van der Waals surface area contributed by atoms with Gasteiger partial charge in [-0.1, -0.05) is 30.3 Å². The minimum Gasteiger partial charge on any atom is -0.377 e. The predicted molar refractivity (Wildman–Crippen MR) is 63.4 cm³/mol. The molecule has 0 aliphatic heterocycles. The monoisotopic (exact) mass is 205 g/mol. The van der Waals surface area contributed by atoms with Crippen LogP contribution in [-0.2, 0) is 17.9 Å². The van der Waals surface area contributed by atoms with Crippen LogP contribution in [0.4, 0.5) is 0 Å². The molecule has 0 aliphatic rings. The summed E-state index contributed by atoms with van der Waals surface area (Å²) < 4.78 is 5.53. The number of benzene rings is 1. The summed E-state index contributed by atoms with van der Waals surface area (Å²) >= 11 is 0. The van der Waals surface area contributed by atoms with E-state index in [1.807, 2.05) is 18.2 Å². The van der Waals surface area contributed by atoms with Gasteiger partial charge in [-0.2, -0.15) is 0 Å². The Kier molecular flexibility index (Phi) is 5.74. The molecule has 1 aromatic rings. The molecule has 1 aromatic carbocycles. The zero-order valence-electron chi connectivity index (χ0n) is 9.11. The van der Waals surface area contributed by atoms with Gasteiger partial charge >= 0.3 is 0 Å². The Bertz CT molecular complexity index is 296. The van der Waals surface area contributed by atoms with Crippen LogP contribution in [0.2, 0.25) is 0 Å². The van der Waals surface area contributed by atoms with Crippen LogP contribution < -0.4 is 5.73 Å². The fraction of sp³-hybridized carbons (Fsp3) is 0.385. The van der Waals surface area contributed by atoms with Crippen LogP contribution in [0.1, 0.15) is 24.0 Å². The number of unbranched alkanes of at least 4 members (excludes halogenated alkanes) is 1. The van der Waals surface area contributed by atoms with E-state index in [-0.39, 0.29) is 0 Å². The Labute approximate surface area is 91.7 Å². The maximum atomic E-state index is 5.56. The van der Waals surface area contributed by atoms with Gasteiger partial charge in [-0.3, -0.25) is 0 Å². The molecule has 2 N–H and O–H groups in total. The number of hydrogen-bond acceptors (Lipinski definition) is 2. The van der Waals surface area contributed by atoms with Crippen molar-refractivity contribution in [2.45, 2.75) is 26.0 Å². The maximum absolute atomic E-state index is 5.56. The van der Waals surface area contributed by atoms with Crippen LogP contribution in [0.25, 0.3) is 0 Å². The maximum Gasteiger partial charge on any atom is 0.0716 e. The zero-order valence-corrected chi connectivity index (χ0v) is 9.11. The van der Waals surface area contributed by atoms with Gasteiger partial charge in [0.1, 0.15) is 0 Å². The molecule has 0 radical (unpaired) electrons. The molecule has 0 saturated carbocycles. The summed E-state index contributed by atoms with van der Waals surface area (Å²) in [6.45, 7) is 5.72. The molecule has 15 heavy (non-hydrogen) atoms. The second-order valence-corrected chi connectivity index (χ2v) is 3.51. The van der Waals surface area contributed by atoms with Crippen molar-refractivity contribution < 1.29 is 4.74 Å². The van der Waals surface area contributed by atoms with Gasteiger partial charge in [0.25, 0.3) is 0 Å². The molecule has 82 valence electrons. The van der Waals surface area contributed by atoms with Gasteiger partial charge in [-0.05, 0) is 24.0 Å². The van der Waals surface area contributed by atoms with Crippen LogP contribution in [0.5, 0.6) is 0 Å². The fourth-order valence-corrected chi connectivity index (χ4v) is 1.37. The number of nitrogens with two attached hydrogens (primary N) is 1. The normalized spacial score (nSPS) is 10.2. The predicted octanol–water partition coefficient (Wildman–Crippen LogP) is 2.63. The van der Waals surface area contributed by atoms with Crippen molar-refractivity contribution in [3.05, 3.63) is 48.0 Å². The van der Waals surface area contributed by atoms with Gasteiger partial charge in [0.2, 0.25) is 0 Å². The van der Waals surface area contributed by atoms with E-state index >= 15 is 0 Å². The van der Waals surface area contributed by atoms with E-state index in [0.717, 1.165) is 25.0 Å². The SMILES string of the molecule is C=CCCCOCc1cccc(CN)c1. The highest BCUT2D eigenvalue weighted by Crippen LogP contribution is 2.06. The molecular weight excluding hydrogens is 186 g/mol. The Morgan fingerprint density at radius 3 is 2.87 bits per heavy atom. The molecule has 2 nitrogen and oxygen atoms in total. The van der Waals surface area contributed by atoms with E-state index in [4.69, 9.17) is 10.5 Å². The molecule has 2 heteroatoms. The Morgan fingerprint density at radius 1 is 1.33 bits per heavy atom. The van der Waals surface area contributed by atoms with E-state index in [2.05, 4.69) is 18.7 Å². The second-order valence-electron chi connectivity index (χ2n) is 3.51. The van der Waals surface area contributed by atoms with Gasteiger partial charge < -0.3 is 10.5 Å². The lowest BCUT2D eigenvalue weighted by Gasteiger charge is -2.05. The number of hydrogen-bond donors (Lipinski definition) is 1. The summed E-state index contributed by atoms with van der Waals surface area (Å²) in [6, 6.07) is 8.20. The summed E-state index contributed by atoms with van der Waals surface area (Å²) in [7, 11) is 0. The number of ether oxygens (including phenoxy) is 1. The summed E-state index contributed by atoms with van der Waals surface area (Å²) in [6.07, 6.45) is 3.97. The van der Waals surface area contributed by atoms with Crippen LogP contribution in [0.15, 0.2) is 36.9 Å². The van der Waals surface area contributed by atoms with Crippen LogP contribution >= 0.6 is 0 Å².